The quantitative estimate of drug-likeness (QED) is 0.526. The van der Waals surface area contributed by atoms with E-state index in [1.165, 1.54) is 5.56 Å². The molecule has 0 heterocycles. The maximum absolute atomic E-state index is 13.4. The summed E-state index contributed by atoms with van der Waals surface area (Å²) >= 11 is 0. The molecule has 3 nitrogen and oxygen atoms in total. The van der Waals surface area contributed by atoms with Gasteiger partial charge in [-0.2, -0.15) is 0 Å². The molecule has 3 aromatic carbocycles. The fourth-order valence-electron chi connectivity index (χ4n) is 4.44. The first-order valence-electron chi connectivity index (χ1n) is 10.7. The van der Waals surface area contributed by atoms with Crippen LogP contribution in [0.15, 0.2) is 72.8 Å². The maximum Gasteiger partial charge on any atom is 0.235 e. The molecule has 1 N–H and O–H groups in total. The Kier molecular flexibility index (Phi) is 5.89. The highest BCUT2D eigenvalue weighted by Gasteiger charge is 2.42. The smallest absolute Gasteiger partial charge is 0.235 e. The Hall–Kier alpha value is -3.07. The fourth-order valence-corrected chi connectivity index (χ4v) is 4.44. The van der Waals surface area contributed by atoms with Crippen molar-refractivity contribution < 1.29 is 9.53 Å². The van der Waals surface area contributed by atoms with E-state index in [0.29, 0.717) is 6.61 Å². The van der Waals surface area contributed by atoms with Gasteiger partial charge >= 0.3 is 0 Å². The molecule has 0 aromatic heterocycles. The number of amides is 1. The molecule has 1 amide bonds. The lowest BCUT2D eigenvalue weighted by atomic mass is 9.77. The summed E-state index contributed by atoms with van der Waals surface area (Å²) in [5.74, 6) is 0.939. The molecule has 0 atom stereocenters. The van der Waals surface area contributed by atoms with Gasteiger partial charge in [-0.3, -0.25) is 4.79 Å². The summed E-state index contributed by atoms with van der Waals surface area (Å²) in [6.07, 6.45) is 3.98. The van der Waals surface area contributed by atoms with E-state index >= 15 is 0 Å². The second-order valence-electron chi connectivity index (χ2n) is 8.37. The summed E-state index contributed by atoms with van der Waals surface area (Å²) < 4.78 is 5.97. The Morgan fingerprint density at radius 3 is 2.40 bits per heavy atom. The van der Waals surface area contributed by atoms with Crippen molar-refractivity contribution in [1.82, 2.24) is 0 Å². The Bertz CT molecular complexity index is 1020. The van der Waals surface area contributed by atoms with Crippen LogP contribution in [0.5, 0.6) is 5.75 Å². The van der Waals surface area contributed by atoms with Crippen molar-refractivity contribution in [3.8, 4) is 5.75 Å². The maximum atomic E-state index is 13.4. The molecular formula is C27H29NO2. The molecule has 3 heteroatoms. The summed E-state index contributed by atoms with van der Waals surface area (Å²) in [7, 11) is 0. The fraction of sp³-hybridized carbons (Fsp3) is 0.296. The van der Waals surface area contributed by atoms with Gasteiger partial charge < -0.3 is 10.1 Å². The van der Waals surface area contributed by atoms with Gasteiger partial charge in [-0.05, 0) is 61.6 Å². The SMILES string of the molecule is Cc1cccc(C2(C(=O)Nc3ccc(OCc4ccccc4)c(C)c3)CCCC2)c1. The van der Waals surface area contributed by atoms with Crippen molar-refractivity contribution in [2.24, 2.45) is 0 Å². The Morgan fingerprint density at radius 1 is 0.933 bits per heavy atom. The van der Waals surface area contributed by atoms with Crippen LogP contribution in [0.1, 0.15) is 47.9 Å². The van der Waals surface area contributed by atoms with Crippen molar-refractivity contribution in [1.29, 1.82) is 0 Å². The zero-order valence-corrected chi connectivity index (χ0v) is 17.8. The molecule has 0 aliphatic heterocycles. The molecule has 30 heavy (non-hydrogen) atoms. The topological polar surface area (TPSA) is 38.3 Å². The van der Waals surface area contributed by atoms with Crippen LogP contribution in [0.3, 0.4) is 0 Å². The molecule has 0 unspecified atom stereocenters. The average molecular weight is 400 g/mol. The average Bonchev–Trinajstić information content (AvgIpc) is 3.25. The van der Waals surface area contributed by atoms with Gasteiger partial charge in [-0.1, -0.05) is 73.0 Å². The minimum absolute atomic E-state index is 0.1000. The Labute approximate surface area is 179 Å². The number of carbonyl (C=O) groups is 1. The molecule has 0 radical (unpaired) electrons. The van der Waals surface area contributed by atoms with Crippen molar-refractivity contribution >= 4 is 11.6 Å². The summed E-state index contributed by atoms with van der Waals surface area (Å²) in [6.45, 7) is 4.63. The van der Waals surface area contributed by atoms with Crippen LogP contribution in [-0.2, 0) is 16.8 Å². The van der Waals surface area contributed by atoms with E-state index < -0.39 is 5.41 Å². The minimum atomic E-state index is -0.428. The molecule has 0 spiro atoms. The Balaban J connectivity index is 1.49. The third kappa shape index (κ3) is 4.25. The number of hydrogen-bond donors (Lipinski definition) is 1. The molecule has 154 valence electrons. The standard InChI is InChI=1S/C27H29NO2/c1-20-9-8-12-23(17-20)27(15-6-7-16-27)26(29)28-24-13-14-25(21(2)18-24)30-19-22-10-4-3-5-11-22/h3-5,8-14,17-18H,6-7,15-16,19H2,1-2H3,(H,28,29). The number of carbonyl (C=O) groups excluding carboxylic acids is 1. The zero-order chi connectivity index (χ0) is 21.0. The van der Waals surface area contributed by atoms with E-state index in [-0.39, 0.29) is 5.91 Å². The van der Waals surface area contributed by atoms with Gasteiger partial charge in [0.1, 0.15) is 12.4 Å². The molecular weight excluding hydrogens is 370 g/mol. The van der Waals surface area contributed by atoms with Gasteiger partial charge in [0, 0.05) is 5.69 Å². The highest BCUT2D eigenvalue weighted by Crippen LogP contribution is 2.42. The summed E-state index contributed by atoms with van der Waals surface area (Å²) in [5, 5.41) is 3.19. The monoisotopic (exact) mass is 399 g/mol. The van der Waals surface area contributed by atoms with E-state index in [2.05, 4.69) is 48.6 Å². The predicted molar refractivity (Wildman–Crippen MR) is 122 cm³/mol. The number of benzene rings is 3. The molecule has 0 saturated heterocycles. The molecule has 4 rings (SSSR count). The lowest BCUT2D eigenvalue weighted by Gasteiger charge is -2.29. The van der Waals surface area contributed by atoms with Crippen molar-refractivity contribution in [2.45, 2.75) is 51.6 Å². The molecule has 1 fully saturated rings. The second kappa shape index (κ2) is 8.74. The van der Waals surface area contributed by atoms with Crippen LogP contribution in [0.2, 0.25) is 0 Å². The van der Waals surface area contributed by atoms with Crippen LogP contribution in [0, 0.1) is 13.8 Å². The first-order valence-corrected chi connectivity index (χ1v) is 10.7. The minimum Gasteiger partial charge on any atom is -0.489 e. The van der Waals surface area contributed by atoms with Crippen LogP contribution in [0.25, 0.3) is 0 Å². The third-order valence-corrected chi connectivity index (χ3v) is 6.13. The van der Waals surface area contributed by atoms with Gasteiger partial charge in [0.2, 0.25) is 5.91 Å². The number of anilines is 1. The van der Waals surface area contributed by atoms with Gasteiger partial charge in [-0.25, -0.2) is 0 Å². The van der Waals surface area contributed by atoms with Crippen molar-refractivity contribution in [3.05, 3.63) is 95.1 Å². The van der Waals surface area contributed by atoms with Crippen LogP contribution in [-0.4, -0.2) is 5.91 Å². The number of hydrogen-bond acceptors (Lipinski definition) is 2. The molecule has 3 aromatic rings. The first kappa shape index (κ1) is 20.2. The predicted octanol–water partition coefficient (Wildman–Crippen LogP) is 6.33. The van der Waals surface area contributed by atoms with Crippen molar-refractivity contribution in [3.63, 3.8) is 0 Å². The summed E-state index contributed by atoms with van der Waals surface area (Å²) in [4.78, 5) is 13.4. The summed E-state index contributed by atoms with van der Waals surface area (Å²) in [5.41, 5.74) is 4.88. The number of ether oxygens (including phenoxy) is 1. The van der Waals surface area contributed by atoms with E-state index in [4.69, 9.17) is 4.74 Å². The molecule has 1 aliphatic carbocycles. The van der Waals surface area contributed by atoms with E-state index in [9.17, 15) is 4.79 Å². The van der Waals surface area contributed by atoms with Gasteiger partial charge in [0.05, 0.1) is 5.41 Å². The van der Waals surface area contributed by atoms with E-state index in [0.717, 1.165) is 53.8 Å². The Morgan fingerprint density at radius 2 is 1.70 bits per heavy atom. The van der Waals surface area contributed by atoms with Crippen LogP contribution in [0.4, 0.5) is 5.69 Å². The number of aryl methyl sites for hydroxylation is 2. The summed E-state index contributed by atoms with van der Waals surface area (Å²) in [6, 6.07) is 24.4. The van der Waals surface area contributed by atoms with Crippen molar-refractivity contribution in [2.75, 3.05) is 5.32 Å². The highest BCUT2D eigenvalue weighted by atomic mass is 16.5. The van der Waals surface area contributed by atoms with E-state index in [1.807, 2.05) is 43.3 Å². The highest BCUT2D eigenvalue weighted by molar-refractivity contribution is 5.99. The second-order valence-corrected chi connectivity index (χ2v) is 8.37. The number of rotatable bonds is 6. The van der Waals surface area contributed by atoms with Crippen LogP contribution >= 0.6 is 0 Å². The van der Waals surface area contributed by atoms with E-state index in [1.54, 1.807) is 0 Å². The third-order valence-electron chi connectivity index (χ3n) is 6.13. The molecule has 1 aliphatic rings. The first-order chi connectivity index (χ1) is 14.6. The molecule has 0 bridgehead atoms. The largest absolute Gasteiger partial charge is 0.489 e. The van der Waals surface area contributed by atoms with Gasteiger partial charge in [0.25, 0.3) is 0 Å². The zero-order valence-electron chi connectivity index (χ0n) is 17.8. The van der Waals surface area contributed by atoms with Gasteiger partial charge in [-0.15, -0.1) is 0 Å². The van der Waals surface area contributed by atoms with Crippen LogP contribution < -0.4 is 10.1 Å². The lowest BCUT2D eigenvalue weighted by Crippen LogP contribution is -2.38. The normalized spacial score (nSPS) is 15.0. The number of nitrogens with one attached hydrogen (secondary N) is 1. The lowest BCUT2D eigenvalue weighted by molar-refractivity contribution is -0.121. The van der Waals surface area contributed by atoms with Gasteiger partial charge in [0.15, 0.2) is 0 Å². The molecule has 1 saturated carbocycles.